The lowest BCUT2D eigenvalue weighted by molar-refractivity contribution is 0.0963. The molecule has 0 radical (unpaired) electrons. The predicted molar refractivity (Wildman–Crippen MR) is 113 cm³/mol. The summed E-state index contributed by atoms with van der Waals surface area (Å²) < 4.78 is 27.4. The Bertz CT molecular complexity index is 747. The number of carbonyl (C=O) groups is 1. The first-order valence-corrected chi connectivity index (χ1v) is 9.94. The van der Waals surface area contributed by atoms with E-state index in [1.54, 1.807) is 24.0 Å². The third-order valence-corrected chi connectivity index (χ3v) is 4.99. The summed E-state index contributed by atoms with van der Waals surface area (Å²) in [6.45, 7) is 3.70. The summed E-state index contributed by atoms with van der Waals surface area (Å²) in [5.74, 6) is 0.315. The molecule has 1 aromatic rings. The van der Waals surface area contributed by atoms with Crippen LogP contribution in [0.4, 0.5) is 4.79 Å². The highest BCUT2D eigenvalue weighted by Gasteiger charge is 2.23. The van der Waals surface area contributed by atoms with Gasteiger partial charge in [0.25, 0.3) is 0 Å². The van der Waals surface area contributed by atoms with Crippen molar-refractivity contribution in [2.45, 2.75) is 37.2 Å². The van der Waals surface area contributed by atoms with Gasteiger partial charge in [0.05, 0.1) is 18.0 Å². The van der Waals surface area contributed by atoms with Crippen LogP contribution in [0.3, 0.4) is 0 Å². The van der Waals surface area contributed by atoms with E-state index in [1.807, 2.05) is 0 Å². The van der Waals surface area contributed by atoms with Crippen molar-refractivity contribution < 1.29 is 17.9 Å². The Morgan fingerprint density at radius 1 is 1.30 bits per heavy atom. The number of hydrogen-bond acceptors (Lipinski definition) is 5. The molecule has 11 heteroatoms. The average molecular weight is 511 g/mol. The smallest absolute Gasteiger partial charge is 0.409 e. The number of hydrogen-bond donors (Lipinski definition) is 3. The van der Waals surface area contributed by atoms with Crippen molar-refractivity contribution in [2.24, 2.45) is 15.9 Å². The molecule has 1 amide bonds. The van der Waals surface area contributed by atoms with Crippen LogP contribution in [0.5, 0.6) is 0 Å². The summed E-state index contributed by atoms with van der Waals surface area (Å²) in [6.07, 6.45) is 1.24. The molecule has 1 aliphatic rings. The van der Waals surface area contributed by atoms with E-state index >= 15 is 0 Å². The Morgan fingerprint density at radius 3 is 2.41 bits per heavy atom. The van der Waals surface area contributed by atoms with Gasteiger partial charge in [0.15, 0.2) is 5.96 Å². The Kier molecular flexibility index (Phi) is 9.26. The molecule has 0 bridgehead atoms. The molecule has 27 heavy (non-hydrogen) atoms. The molecule has 152 valence electrons. The number of benzene rings is 1. The highest BCUT2D eigenvalue weighted by molar-refractivity contribution is 14.0. The van der Waals surface area contributed by atoms with Gasteiger partial charge in [0, 0.05) is 19.1 Å². The Labute approximate surface area is 176 Å². The second-order valence-electron chi connectivity index (χ2n) is 6.00. The van der Waals surface area contributed by atoms with Gasteiger partial charge in [-0.1, -0.05) is 12.1 Å². The van der Waals surface area contributed by atoms with Crippen molar-refractivity contribution in [3.05, 3.63) is 29.8 Å². The van der Waals surface area contributed by atoms with E-state index in [0.717, 1.165) is 18.4 Å². The molecule has 0 aromatic heterocycles. The average Bonchev–Trinajstić information content (AvgIpc) is 2.60. The number of amides is 1. The van der Waals surface area contributed by atoms with E-state index in [0.29, 0.717) is 32.2 Å². The molecule has 1 aromatic carbocycles. The molecular formula is C16H26IN5O4S. The van der Waals surface area contributed by atoms with Crippen LogP contribution in [-0.4, -0.2) is 51.1 Å². The summed E-state index contributed by atoms with van der Waals surface area (Å²) in [7, 11) is -3.69. The van der Waals surface area contributed by atoms with Gasteiger partial charge >= 0.3 is 6.09 Å². The zero-order valence-corrected chi connectivity index (χ0v) is 18.3. The maximum atomic E-state index is 11.7. The first kappa shape index (κ1) is 23.4. The molecule has 1 fully saturated rings. The van der Waals surface area contributed by atoms with Crippen LogP contribution < -0.4 is 16.2 Å². The van der Waals surface area contributed by atoms with E-state index in [2.05, 4.69) is 10.3 Å². The SMILES string of the molecule is CCOC(=O)N1CCC(NC(N)=NCc2ccc(S(N)(=O)=O)cc2)CC1.I. The van der Waals surface area contributed by atoms with Gasteiger partial charge in [-0.15, -0.1) is 24.0 Å². The van der Waals surface area contributed by atoms with Crippen molar-refractivity contribution in [3.8, 4) is 0 Å². The molecule has 1 saturated heterocycles. The van der Waals surface area contributed by atoms with Crippen molar-refractivity contribution >= 4 is 46.1 Å². The molecule has 9 nitrogen and oxygen atoms in total. The zero-order valence-electron chi connectivity index (χ0n) is 15.1. The summed E-state index contributed by atoms with van der Waals surface area (Å²) in [5.41, 5.74) is 6.73. The molecule has 0 atom stereocenters. The number of carbonyl (C=O) groups excluding carboxylic acids is 1. The van der Waals surface area contributed by atoms with Crippen molar-refractivity contribution in [1.29, 1.82) is 0 Å². The Hall–Kier alpha value is -1.60. The van der Waals surface area contributed by atoms with E-state index in [-0.39, 0.29) is 41.0 Å². The molecule has 0 spiro atoms. The van der Waals surface area contributed by atoms with Gasteiger partial charge in [0.2, 0.25) is 10.0 Å². The number of guanidine groups is 1. The van der Waals surface area contributed by atoms with Crippen LogP contribution in [0.25, 0.3) is 0 Å². The fourth-order valence-electron chi connectivity index (χ4n) is 2.64. The van der Waals surface area contributed by atoms with Gasteiger partial charge in [-0.05, 0) is 37.5 Å². The number of rotatable bonds is 5. The Morgan fingerprint density at radius 2 is 1.89 bits per heavy atom. The maximum absolute atomic E-state index is 11.7. The largest absolute Gasteiger partial charge is 0.450 e. The maximum Gasteiger partial charge on any atom is 0.409 e. The second kappa shape index (κ2) is 10.7. The van der Waals surface area contributed by atoms with Crippen LogP contribution in [0.15, 0.2) is 34.2 Å². The Balaban J connectivity index is 0.00000364. The monoisotopic (exact) mass is 511 g/mol. The number of sulfonamides is 1. The minimum absolute atomic E-state index is 0. The van der Waals surface area contributed by atoms with E-state index in [4.69, 9.17) is 15.6 Å². The van der Waals surface area contributed by atoms with Crippen LogP contribution in [0.2, 0.25) is 0 Å². The van der Waals surface area contributed by atoms with Crippen LogP contribution in [0, 0.1) is 0 Å². The second-order valence-corrected chi connectivity index (χ2v) is 7.56. The molecule has 1 aliphatic heterocycles. The number of primary sulfonamides is 1. The molecule has 1 heterocycles. The van der Waals surface area contributed by atoms with E-state index < -0.39 is 10.0 Å². The third kappa shape index (κ3) is 7.50. The lowest BCUT2D eigenvalue weighted by atomic mass is 10.1. The third-order valence-electron chi connectivity index (χ3n) is 4.06. The number of aliphatic imine (C=N–C) groups is 1. The zero-order chi connectivity index (χ0) is 19.2. The van der Waals surface area contributed by atoms with Gasteiger partial charge in [0.1, 0.15) is 0 Å². The normalized spacial score (nSPS) is 15.8. The van der Waals surface area contributed by atoms with Crippen molar-refractivity contribution in [3.63, 3.8) is 0 Å². The minimum atomic E-state index is -3.69. The number of nitrogens with one attached hydrogen (secondary N) is 1. The van der Waals surface area contributed by atoms with Crippen molar-refractivity contribution in [2.75, 3.05) is 19.7 Å². The summed E-state index contributed by atoms with van der Waals surface area (Å²) >= 11 is 0. The van der Waals surface area contributed by atoms with Crippen LogP contribution >= 0.6 is 24.0 Å². The van der Waals surface area contributed by atoms with Gasteiger partial charge in [-0.25, -0.2) is 23.3 Å². The number of nitrogens with zero attached hydrogens (tertiary/aromatic N) is 2. The fourth-order valence-corrected chi connectivity index (χ4v) is 3.15. The number of piperidine rings is 1. The number of halogens is 1. The topological polar surface area (TPSA) is 140 Å². The highest BCUT2D eigenvalue weighted by Crippen LogP contribution is 2.12. The number of ether oxygens (including phenoxy) is 1. The lowest BCUT2D eigenvalue weighted by Gasteiger charge is -2.31. The molecule has 2 rings (SSSR count). The highest BCUT2D eigenvalue weighted by atomic mass is 127. The molecule has 0 unspecified atom stereocenters. The molecule has 0 aliphatic carbocycles. The number of nitrogens with two attached hydrogens (primary N) is 2. The van der Waals surface area contributed by atoms with E-state index in [1.165, 1.54) is 12.1 Å². The number of likely N-dealkylation sites (tertiary alicyclic amines) is 1. The first-order valence-electron chi connectivity index (χ1n) is 8.39. The predicted octanol–water partition coefficient (Wildman–Crippen LogP) is 0.977. The first-order chi connectivity index (χ1) is 12.3. The molecular weight excluding hydrogens is 485 g/mol. The summed E-state index contributed by atoms with van der Waals surface area (Å²) in [6, 6.07) is 6.32. The minimum Gasteiger partial charge on any atom is -0.450 e. The van der Waals surface area contributed by atoms with Gasteiger partial charge < -0.3 is 20.7 Å². The standard InChI is InChI=1S/C16H25N5O4S.HI/c1-2-25-16(22)21-9-7-13(8-10-21)20-15(17)19-11-12-3-5-14(6-4-12)26(18,23)24;/h3-6,13H,2,7-11H2,1H3,(H3,17,19,20)(H2,18,23,24);1H. The quantitative estimate of drug-likeness (QED) is 0.306. The summed E-state index contributed by atoms with van der Waals surface area (Å²) in [4.78, 5) is 17.7. The van der Waals surface area contributed by atoms with Gasteiger partial charge in [-0.3, -0.25) is 0 Å². The molecule has 0 saturated carbocycles. The van der Waals surface area contributed by atoms with Gasteiger partial charge in [-0.2, -0.15) is 0 Å². The summed E-state index contributed by atoms with van der Waals surface area (Å²) in [5, 5.41) is 8.21. The van der Waals surface area contributed by atoms with Crippen molar-refractivity contribution in [1.82, 2.24) is 10.2 Å². The molecule has 5 N–H and O–H groups in total. The van der Waals surface area contributed by atoms with Crippen LogP contribution in [-0.2, 0) is 21.3 Å². The van der Waals surface area contributed by atoms with E-state index in [9.17, 15) is 13.2 Å². The fraction of sp³-hybridized carbons (Fsp3) is 0.500. The van der Waals surface area contributed by atoms with Crippen LogP contribution in [0.1, 0.15) is 25.3 Å². The lowest BCUT2D eigenvalue weighted by Crippen LogP contribution is -2.48.